The molecule has 0 bridgehead atoms. The van der Waals surface area contributed by atoms with Gasteiger partial charge in [0, 0.05) is 37.6 Å². The highest BCUT2D eigenvalue weighted by atomic mass is 35.5. The van der Waals surface area contributed by atoms with Gasteiger partial charge in [0.1, 0.15) is 29.9 Å². The summed E-state index contributed by atoms with van der Waals surface area (Å²) in [6, 6.07) is 8.74. The van der Waals surface area contributed by atoms with Crippen LogP contribution < -0.4 is 5.73 Å². The number of carbonyl (C=O) groups is 2. The van der Waals surface area contributed by atoms with Crippen LogP contribution in [0.4, 0.5) is 0 Å². The summed E-state index contributed by atoms with van der Waals surface area (Å²) in [7, 11) is 0. The van der Waals surface area contributed by atoms with Crippen LogP contribution in [-0.2, 0) is 17.0 Å². The van der Waals surface area contributed by atoms with E-state index in [1.165, 1.54) is 45.3 Å². The number of ketones is 1. The average molecular weight is 543 g/mol. The van der Waals surface area contributed by atoms with Crippen LogP contribution in [0.5, 0.6) is 0 Å². The van der Waals surface area contributed by atoms with Gasteiger partial charge in [0.05, 0.1) is 19.3 Å². The zero-order chi connectivity index (χ0) is 28.3. The maximum absolute atomic E-state index is 12.1. The summed E-state index contributed by atoms with van der Waals surface area (Å²) in [5.74, 6) is 0.484. The van der Waals surface area contributed by atoms with E-state index in [4.69, 9.17) is 17.3 Å². The SMILES string of the molecule is C1=[N+](C2CC2)CCC1.CC.CC/C=C/C(=O)N1Cc2ncc(C(C)=O)n2[C@](C)(N)C1.Cc1ccccc1Cl. The molecule has 5 rings (SSSR count). The van der Waals surface area contributed by atoms with E-state index in [0.29, 0.717) is 24.6 Å². The standard InChI is InChI=1S/C14H20N4O2.C7H7Cl.C7H12N.C2H6/c1-4-5-6-13(20)17-8-12-16-7-11(10(2)19)18(12)14(3,15)9-17;1-6-4-2-3-5-7(6)8;1-2-6-8(5-1)7-3-4-7;1-2/h5-7H,4,8-9,15H2,1-3H3;2-5H,1H3;5,7H,1-4,6H2;1-2H3/q;;+1;/b6-5+;;;/t14-;;;/m0.../s1. The van der Waals surface area contributed by atoms with Gasteiger partial charge in [-0.1, -0.05) is 56.6 Å². The van der Waals surface area contributed by atoms with Crippen LogP contribution in [0, 0.1) is 6.92 Å². The molecule has 1 aromatic carbocycles. The first-order chi connectivity index (χ1) is 18.1. The van der Waals surface area contributed by atoms with Crippen LogP contribution in [0.2, 0.25) is 5.02 Å². The highest BCUT2D eigenvalue weighted by Crippen LogP contribution is 2.25. The van der Waals surface area contributed by atoms with E-state index in [1.54, 1.807) is 22.5 Å². The first kappa shape index (κ1) is 31.4. The number of amides is 1. The molecule has 0 saturated heterocycles. The normalized spacial score (nSPS) is 19.7. The van der Waals surface area contributed by atoms with Gasteiger partial charge in [0.15, 0.2) is 11.8 Å². The molecule has 1 saturated carbocycles. The Bertz CT molecular complexity index is 1110. The highest BCUT2D eigenvalue weighted by Gasteiger charge is 2.36. The van der Waals surface area contributed by atoms with E-state index in [2.05, 4.69) is 15.8 Å². The van der Waals surface area contributed by atoms with Crippen molar-refractivity contribution >= 4 is 29.5 Å². The molecule has 1 atom stereocenters. The van der Waals surface area contributed by atoms with Crippen molar-refractivity contribution in [1.29, 1.82) is 0 Å². The minimum Gasteiger partial charge on any atom is -0.328 e. The summed E-state index contributed by atoms with van der Waals surface area (Å²) in [6.45, 7) is 13.3. The number of halogens is 1. The molecule has 2 aromatic rings. The Labute approximate surface area is 233 Å². The second-order valence-electron chi connectivity index (χ2n) is 9.86. The fraction of sp³-hybridized carbons (Fsp3) is 0.533. The first-order valence-electron chi connectivity index (χ1n) is 13.8. The van der Waals surface area contributed by atoms with Gasteiger partial charge in [-0.2, -0.15) is 0 Å². The second-order valence-corrected chi connectivity index (χ2v) is 10.3. The van der Waals surface area contributed by atoms with Crippen LogP contribution in [0.15, 0.2) is 42.6 Å². The molecule has 1 fully saturated rings. The summed E-state index contributed by atoms with van der Waals surface area (Å²) in [4.78, 5) is 29.6. The topological polar surface area (TPSA) is 84.2 Å². The lowest BCUT2D eigenvalue weighted by Gasteiger charge is -2.39. The lowest BCUT2D eigenvalue weighted by Crippen LogP contribution is -2.56. The predicted molar refractivity (Wildman–Crippen MR) is 156 cm³/mol. The van der Waals surface area contributed by atoms with Gasteiger partial charge >= 0.3 is 0 Å². The minimum atomic E-state index is -0.833. The zero-order valence-electron chi connectivity index (χ0n) is 23.9. The van der Waals surface area contributed by atoms with E-state index >= 15 is 0 Å². The van der Waals surface area contributed by atoms with Gasteiger partial charge in [-0.25, -0.2) is 9.56 Å². The average Bonchev–Trinajstić information content (AvgIpc) is 3.40. The number of fused-ring (bicyclic) bond motifs is 1. The van der Waals surface area contributed by atoms with Gasteiger partial charge in [0.2, 0.25) is 5.91 Å². The molecule has 3 aliphatic rings. The van der Waals surface area contributed by atoms with Crippen LogP contribution >= 0.6 is 11.6 Å². The van der Waals surface area contributed by atoms with Crippen molar-refractivity contribution in [3.8, 4) is 0 Å². The molecule has 38 heavy (non-hydrogen) atoms. The molecule has 0 spiro atoms. The fourth-order valence-corrected chi connectivity index (χ4v) is 4.53. The molecule has 208 valence electrons. The Balaban J connectivity index is 0.000000229. The van der Waals surface area contributed by atoms with Gasteiger partial charge < -0.3 is 15.2 Å². The summed E-state index contributed by atoms with van der Waals surface area (Å²) in [5.41, 5.74) is 7.07. The Hall–Kier alpha value is -2.77. The third-order valence-corrected chi connectivity index (χ3v) is 6.86. The molecule has 0 unspecified atom stereocenters. The Kier molecular flexibility index (Phi) is 12.4. The number of rotatable bonds is 4. The fourth-order valence-electron chi connectivity index (χ4n) is 4.39. The molecular formula is C30H45ClN5O2+. The number of nitrogens with two attached hydrogens (primary N) is 1. The van der Waals surface area contributed by atoms with E-state index < -0.39 is 5.66 Å². The van der Waals surface area contributed by atoms with E-state index in [9.17, 15) is 9.59 Å². The number of hydrogen-bond acceptors (Lipinski definition) is 4. The number of aromatic nitrogens is 2. The lowest BCUT2D eigenvalue weighted by molar-refractivity contribution is -0.530. The smallest absolute Gasteiger partial charge is 0.246 e. The molecule has 0 radical (unpaired) electrons. The Morgan fingerprint density at radius 1 is 1.26 bits per heavy atom. The van der Waals surface area contributed by atoms with Crippen molar-refractivity contribution < 1.29 is 14.2 Å². The van der Waals surface area contributed by atoms with Gasteiger partial charge in [-0.3, -0.25) is 9.59 Å². The molecule has 1 aromatic heterocycles. The van der Waals surface area contributed by atoms with Gasteiger partial charge in [-0.05, 0) is 38.0 Å². The van der Waals surface area contributed by atoms with Crippen molar-refractivity contribution in [1.82, 2.24) is 14.5 Å². The summed E-state index contributed by atoms with van der Waals surface area (Å²) in [5, 5.41) is 0.840. The summed E-state index contributed by atoms with van der Waals surface area (Å²) >= 11 is 5.71. The predicted octanol–water partition coefficient (Wildman–Crippen LogP) is 5.73. The van der Waals surface area contributed by atoms with Crippen molar-refractivity contribution in [3.63, 3.8) is 0 Å². The molecule has 7 nitrogen and oxygen atoms in total. The van der Waals surface area contributed by atoms with Crippen LogP contribution in [0.1, 0.15) is 88.6 Å². The quantitative estimate of drug-likeness (QED) is 0.304. The molecule has 2 N–H and O–H groups in total. The van der Waals surface area contributed by atoms with Crippen molar-refractivity contribution in [2.45, 2.75) is 91.9 Å². The summed E-state index contributed by atoms with van der Waals surface area (Å²) < 4.78 is 4.25. The maximum atomic E-state index is 12.1. The van der Waals surface area contributed by atoms with Gasteiger partial charge in [0.25, 0.3) is 0 Å². The van der Waals surface area contributed by atoms with Crippen molar-refractivity contribution in [3.05, 3.63) is 64.7 Å². The van der Waals surface area contributed by atoms with Crippen LogP contribution in [-0.4, -0.2) is 56.1 Å². The van der Waals surface area contributed by atoms with E-state index in [-0.39, 0.29) is 11.7 Å². The Morgan fingerprint density at radius 2 is 1.95 bits per heavy atom. The van der Waals surface area contributed by atoms with Crippen LogP contribution in [0.3, 0.4) is 0 Å². The number of aryl methyl sites for hydroxylation is 1. The molecular weight excluding hydrogens is 498 g/mol. The van der Waals surface area contributed by atoms with Crippen molar-refractivity contribution in [2.24, 2.45) is 5.73 Å². The third-order valence-electron chi connectivity index (χ3n) is 6.43. The Morgan fingerprint density at radius 3 is 2.45 bits per heavy atom. The maximum Gasteiger partial charge on any atom is 0.246 e. The molecule has 1 aliphatic carbocycles. The monoisotopic (exact) mass is 542 g/mol. The minimum absolute atomic E-state index is 0.0777. The molecule has 3 heterocycles. The zero-order valence-corrected chi connectivity index (χ0v) is 24.7. The number of imidazole rings is 1. The number of nitrogens with zero attached hydrogens (tertiary/aromatic N) is 4. The van der Waals surface area contributed by atoms with Crippen molar-refractivity contribution in [2.75, 3.05) is 13.1 Å². The summed E-state index contributed by atoms with van der Waals surface area (Å²) in [6.07, 6.45) is 13.7. The van der Waals surface area contributed by atoms with Crippen LogP contribution in [0.25, 0.3) is 0 Å². The highest BCUT2D eigenvalue weighted by molar-refractivity contribution is 6.31. The van der Waals surface area contributed by atoms with E-state index in [0.717, 1.165) is 23.0 Å². The number of allylic oxidation sites excluding steroid dienone is 1. The molecule has 1 amide bonds. The molecule has 8 heteroatoms. The van der Waals surface area contributed by atoms with E-state index in [1.807, 2.05) is 58.0 Å². The molecule has 2 aliphatic heterocycles. The number of carbonyl (C=O) groups excluding carboxylic acids is 2. The number of hydrogen-bond donors (Lipinski definition) is 1. The number of Topliss-reactive ketones (excluding diaryl/α,β-unsaturated/α-hetero) is 1. The second kappa shape index (κ2) is 15.0. The first-order valence-corrected chi connectivity index (χ1v) is 14.1. The largest absolute Gasteiger partial charge is 0.328 e. The lowest BCUT2D eigenvalue weighted by atomic mass is 10.1. The van der Waals surface area contributed by atoms with Gasteiger partial charge in [-0.15, -0.1) is 0 Å². The third kappa shape index (κ3) is 8.91. The number of benzene rings is 1.